The predicted molar refractivity (Wildman–Crippen MR) is 98.1 cm³/mol. The van der Waals surface area contributed by atoms with Crippen LogP contribution in [-0.2, 0) is 9.59 Å². The van der Waals surface area contributed by atoms with Crippen molar-refractivity contribution in [3.8, 4) is 23.0 Å². The van der Waals surface area contributed by atoms with E-state index in [0.29, 0.717) is 28.6 Å². The van der Waals surface area contributed by atoms with Gasteiger partial charge in [-0.1, -0.05) is 6.07 Å². The second kappa shape index (κ2) is 7.55. The number of allylic oxidation sites excluding steroid dienone is 1. The van der Waals surface area contributed by atoms with Gasteiger partial charge in [-0.2, -0.15) is 0 Å². The molecule has 2 aliphatic heterocycles. The third-order valence-electron chi connectivity index (χ3n) is 4.14. The quantitative estimate of drug-likeness (QED) is 0.706. The van der Waals surface area contributed by atoms with Gasteiger partial charge in [0.05, 0.1) is 5.56 Å². The number of hydrogen-bond acceptors (Lipinski definition) is 7. The molecule has 148 valence electrons. The van der Waals surface area contributed by atoms with Crippen LogP contribution in [0.3, 0.4) is 0 Å². The Morgan fingerprint density at radius 3 is 2.76 bits per heavy atom. The molecule has 0 atom stereocenters. The lowest BCUT2D eigenvalue weighted by Gasteiger charge is -2.07. The van der Waals surface area contributed by atoms with Crippen LogP contribution in [0, 0.1) is 0 Å². The summed E-state index contributed by atoms with van der Waals surface area (Å²) < 4.78 is 21.6. The van der Waals surface area contributed by atoms with E-state index < -0.39 is 18.4 Å². The van der Waals surface area contributed by atoms with Gasteiger partial charge in [-0.25, -0.2) is 0 Å². The molecular weight excluding hydrogens is 382 g/mol. The molecule has 9 nitrogen and oxygen atoms in total. The Labute approximate surface area is 164 Å². The van der Waals surface area contributed by atoms with Crippen LogP contribution in [-0.4, -0.2) is 42.7 Å². The van der Waals surface area contributed by atoms with Gasteiger partial charge in [0.2, 0.25) is 12.6 Å². The van der Waals surface area contributed by atoms with Crippen molar-refractivity contribution in [2.45, 2.75) is 0 Å². The molecule has 1 amide bonds. The first-order valence-corrected chi connectivity index (χ1v) is 8.59. The summed E-state index contributed by atoms with van der Waals surface area (Å²) in [4.78, 5) is 34.5. The number of hydrogen-bond donors (Lipinski definition) is 2. The number of carboxylic acids is 1. The monoisotopic (exact) mass is 397 g/mol. The molecule has 2 N–H and O–H groups in total. The van der Waals surface area contributed by atoms with Gasteiger partial charge in [0.25, 0.3) is 5.91 Å². The van der Waals surface area contributed by atoms with Gasteiger partial charge < -0.3 is 29.4 Å². The average Bonchev–Trinajstić information content (AvgIpc) is 3.29. The fraction of sp³-hybridized carbons (Fsp3) is 0.150. The van der Waals surface area contributed by atoms with Crippen LogP contribution in [0.1, 0.15) is 15.9 Å². The van der Waals surface area contributed by atoms with Crippen LogP contribution < -0.4 is 24.3 Å². The number of carbonyl (C=O) groups excluding carboxylic acids is 2. The normalized spacial score (nSPS) is 15.0. The molecule has 4 rings (SSSR count). The Morgan fingerprint density at radius 2 is 1.93 bits per heavy atom. The molecule has 2 aliphatic rings. The van der Waals surface area contributed by atoms with E-state index in [4.69, 9.17) is 24.1 Å². The summed E-state index contributed by atoms with van der Waals surface area (Å²) in [6.45, 7) is -0.689. The number of aliphatic carboxylic acids is 1. The van der Waals surface area contributed by atoms with E-state index in [2.05, 4.69) is 5.32 Å². The first kappa shape index (κ1) is 18.4. The number of fused-ring (bicyclic) bond motifs is 2. The van der Waals surface area contributed by atoms with E-state index >= 15 is 0 Å². The minimum Gasteiger partial charge on any atom is -0.484 e. The number of carbonyl (C=O) groups is 3. The summed E-state index contributed by atoms with van der Waals surface area (Å²) >= 11 is 0. The number of rotatable bonds is 6. The summed E-state index contributed by atoms with van der Waals surface area (Å²) in [6.07, 6.45) is 1.60. The highest BCUT2D eigenvalue weighted by atomic mass is 16.7. The van der Waals surface area contributed by atoms with Crippen LogP contribution in [0.4, 0.5) is 0 Å². The zero-order valence-corrected chi connectivity index (χ0v) is 15.0. The molecule has 0 aliphatic carbocycles. The highest BCUT2D eigenvalue weighted by Gasteiger charge is 2.28. The maximum atomic E-state index is 12.6. The van der Waals surface area contributed by atoms with E-state index in [-0.39, 0.29) is 24.9 Å². The van der Waals surface area contributed by atoms with Crippen LogP contribution in [0.2, 0.25) is 0 Å². The topological polar surface area (TPSA) is 120 Å². The molecule has 0 spiro atoms. The van der Waals surface area contributed by atoms with Crippen LogP contribution in [0.25, 0.3) is 6.08 Å². The number of ether oxygens (including phenoxy) is 4. The number of benzene rings is 2. The van der Waals surface area contributed by atoms with E-state index in [0.717, 1.165) is 5.56 Å². The minimum atomic E-state index is -1.15. The molecule has 0 fully saturated rings. The molecule has 2 heterocycles. The van der Waals surface area contributed by atoms with Crippen molar-refractivity contribution in [2.75, 3.05) is 19.9 Å². The van der Waals surface area contributed by atoms with Gasteiger partial charge in [-0.3, -0.25) is 14.4 Å². The van der Waals surface area contributed by atoms with Crippen LogP contribution >= 0.6 is 0 Å². The summed E-state index contributed by atoms with van der Waals surface area (Å²) in [7, 11) is 0. The number of nitrogens with one attached hydrogen (secondary N) is 1. The number of ketones is 1. The van der Waals surface area contributed by atoms with Crippen molar-refractivity contribution >= 4 is 23.7 Å². The molecule has 2 aromatic rings. The van der Waals surface area contributed by atoms with Gasteiger partial charge in [0.15, 0.2) is 23.9 Å². The SMILES string of the molecule is O=C(O)CNC(=O)COc1ccc2c(c1)OC(=Cc1ccc3c(c1)OCO3)C2=O. The van der Waals surface area contributed by atoms with Crippen molar-refractivity contribution in [2.24, 2.45) is 0 Å². The largest absolute Gasteiger partial charge is 0.484 e. The highest BCUT2D eigenvalue weighted by molar-refractivity contribution is 6.14. The standard InChI is InChI=1S/C20H15NO8/c22-18(21-8-19(23)24)9-26-12-2-3-13-15(7-12)29-17(20(13)25)6-11-1-4-14-16(5-11)28-10-27-14/h1-7H,8-10H2,(H,21,22)(H,23,24). The Morgan fingerprint density at radius 1 is 1.10 bits per heavy atom. The molecule has 0 unspecified atom stereocenters. The van der Waals surface area contributed by atoms with Gasteiger partial charge in [0, 0.05) is 6.07 Å². The molecular formula is C20H15NO8. The lowest BCUT2D eigenvalue weighted by Crippen LogP contribution is -2.33. The Bertz CT molecular complexity index is 1040. The fourth-order valence-electron chi connectivity index (χ4n) is 2.79. The molecule has 9 heteroatoms. The van der Waals surface area contributed by atoms with Gasteiger partial charge in [0.1, 0.15) is 18.0 Å². The van der Waals surface area contributed by atoms with Crippen molar-refractivity contribution in [1.29, 1.82) is 0 Å². The Kier molecular flexibility index (Phi) is 4.78. The van der Waals surface area contributed by atoms with E-state index in [1.165, 1.54) is 12.1 Å². The molecule has 29 heavy (non-hydrogen) atoms. The lowest BCUT2D eigenvalue weighted by molar-refractivity contribution is -0.138. The third kappa shape index (κ3) is 3.98. The summed E-state index contributed by atoms with van der Waals surface area (Å²) in [5, 5.41) is 10.7. The summed E-state index contributed by atoms with van der Waals surface area (Å²) in [5.74, 6) is 0.00994. The number of Topliss-reactive ketones (excluding diaryl/α,β-unsaturated/α-hetero) is 1. The Hall–Kier alpha value is -4.01. The third-order valence-corrected chi connectivity index (χ3v) is 4.14. The molecule has 0 radical (unpaired) electrons. The minimum absolute atomic E-state index is 0.148. The number of amides is 1. The molecule has 0 saturated carbocycles. The molecule has 0 saturated heterocycles. The van der Waals surface area contributed by atoms with Gasteiger partial charge >= 0.3 is 5.97 Å². The average molecular weight is 397 g/mol. The molecule has 0 bridgehead atoms. The van der Waals surface area contributed by atoms with Crippen LogP contribution in [0.15, 0.2) is 42.2 Å². The smallest absolute Gasteiger partial charge is 0.322 e. The Balaban J connectivity index is 1.44. The fourth-order valence-corrected chi connectivity index (χ4v) is 2.79. The first-order chi connectivity index (χ1) is 14.0. The van der Waals surface area contributed by atoms with Gasteiger partial charge in [-0.05, 0) is 35.9 Å². The highest BCUT2D eigenvalue weighted by Crippen LogP contribution is 2.36. The second-order valence-electron chi connectivity index (χ2n) is 6.17. The van der Waals surface area contributed by atoms with Crippen molar-refractivity contribution in [1.82, 2.24) is 5.32 Å². The zero-order valence-electron chi connectivity index (χ0n) is 15.0. The second-order valence-corrected chi connectivity index (χ2v) is 6.17. The van der Waals surface area contributed by atoms with Crippen LogP contribution in [0.5, 0.6) is 23.0 Å². The first-order valence-electron chi connectivity index (χ1n) is 8.59. The predicted octanol–water partition coefficient (Wildman–Crippen LogP) is 1.61. The van der Waals surface area contributed by atoms with Crippen molar-refractivity contribution in [3.05, 3.63) is 53.3 Å². The van der Waals surface area contributed by atoms with E-state index in [9.17, 15) is 14.4 Å². The van der Waals surface area contributed by atoms with Crippen molar-refractivity contribution in [3.63, 3.8) is 0 Å². The summed E-state index contributed by atoms with van der Waals surface area (Å²) in [5.41, 5.74) is 1.09. The maximum absolute atomic E-state index is 12.6. The van der Waals surface area contributed by atoms with E-state index in [1.54, 1.807) is 30.3 Å². The summed E-state index contributed by atoms with van der Waals surface area (Å²) in [6, 6.07) is 9.86. The van der Waals surface area contributed by atoms with Crippen molar-refractivity contribution < 1.29 is 38.4 Å². The van der Waals surface area contributed by atoms with Gasteiger partial charge in [-0.15, -0.1) is 0 Å². The number of carboxylic acid groups (broad SMARTS) is 1. The lowest BCUT2D eigenvalue weighted by atomic mass is 10.1. The zero-order chi connectivity index (χ0) is 20.4. The molecule has 2 aromatic carbocycles. The molecule has 0 aromatic heterocycles. The maximum Gasteiger partial charge on any atom is 0.322 e. The van der Waals surface area contributed by atoms with E-state index in [1.807, 2.05) is 0 Å².